The highest BCUT2D eigenvalue weighted by atomic mass is 32.2. The molecule has 4 heterocycles. The second-order valence-electron chi connectivity index (χ2n) is 21.5. The van der Waals surface area contributed by atoms with Crippen molar-refractivity contribution in [2.45, 2.75) is 91.8 Å². The van der Waals surface area contributed by atoms with Crippen molar-refractivity contribution in [3.8, 4) is 0 Å². The number of carbonyl (C=O) groups excluding carboxylic acids is 5. The quantitative estimate of drug-likeness (QED) is 0.0207. The van der Waals surface area contributed by atoms with Crippen molar-refractivity contribution in [3.05, 3.63) is 279 Å². The zero-order valence-corrected chi connectivity index (χ0v) is 48.4. The summed E-state index contributed by atoms with van der Waals surface area (Å²) in [6.07, 6.45) is -11.1. The first-order valence-corrected chi connectivity index (χ1v) is 29.6. The number of carbonyl (C=O) groups is 5. The normalized spacial score (nSPS) is 23.0. The van der Waals surface area contributed by atoms with Crippen LogP contribution in [0.5, 0.6) is 0 Å². The molecule has 0 saturated carbocycles. The van der Waals surface area contributed by atoms with Crippen LogP contribution in [0.2, 0.25) is 0 Å². The lowest BCUT2D eigenvalue weighted by Gasteiger charge is -2.52. The number of ether oxygens (including phenoxy) is 8. The molecule has 4 aliphatic rings. The van der Waals surface area contributed by atoms with Crippen LogP contribution < -0.4 is 0 Å². The zero-order chi connectivity index (χ0) is 62.4. The maximum absolute atomic E-state index is 15.5. The molecule has 460 valence electrons. The van der Waals surface area contributed by atoms with Gasteiger partial charge in [0.1, 0.15) is 66.3 Å². The van der Waals surface area contributed by atoms with Gasteiger partial charge in [-0.3, -0.25) is 29.0 Å². The van der Waals surface area contributed by atoms with Gasteiger partial charge in [-0.15, -0.1) is 0 Å². The molecule has 0 spiro atoms. The first-order valence-electron chi connectivity index (χ1n) is 28.7. The Balaban J connectivity index is 1.04. The van der Waals surface area contributed by atoms with Gasteiger partial charge in [-0.2, -0.15) is 0 Å². The van der Waals surface area contributed by atoms with Crippen molar-refractivity contribution >= 4 is 41.4 Å². The van der Waals surface area contributed by atoms with Crippen LogP contribution in [0.3, 0.4) is 0 Å². The van der Waals surface area contributed by atoms with Crippen molar-refractivity contribution in [3.63, 3.8) is 0 Å². The van der Waals surface area contributed by atoms with Crippen molar-refractivity contribution in [2.24, 2.45) is 0 Å². The van der Waals surface area contributed by atoms with Gasteiger partial charge in [-0.05, 0) is 58.7 Å². The summed E-state index contributed by atoms with van der Waals surface area (Å²) in [5, 5.41) is 0. The molecule has 4 amide bonds. The molecule has 12 rings (SSSR count). The summed E-state index contributed by atoms with van der Waals surface area (Å²) in [5.41, 5.74) is -0.509. The van der Waals surface area contributed by atoms with Crippen LogP contribution in [-0.2, 0) is 64.3 Å². The molecule has 2 fully saturated rings. The van der Waals surface area contributed by atoms with Crippen molar-refractivity contribution in [1.82, 2.24) is 9.80 Å². The van der Waals surface area contributed by atoms with Gasteiger partial charge in [0.15, 0.2) is 29.6 Å². The van der Waals surface area contributed by atoms with Crippen LogP contribution in [0, 0.1) is 29.1 Å². The van der Waals surface area contributed by atoms with Gasteiger partial charge in [0.05, 0.1) is 55.3 Å². The second-order valence-corrected chi connectivity index (χ2v) is 22.6. The molecule has 90 heavy (non-hydrogen) atoms. The number of thioether (sulfide) groups is 1. The topological polar surface area (TPSA) is 166 Å². The molecular formula is C69H55F5N2O13S. The van der Waals surface area contributed by atoms with E-state index in [1.54, 1.807) is 109 Å². The van der Waals surface area contributed by atoms with Crippen molar-refractivity contribution < 1.29 is 83.8 Å². The molecule has 15 nitrogen and oxygen atoms in total. The van der Waals surface area contributed by atoms with Gasteiger partial charge in [0, 0.05) is 4.90 Å². The summed E-state index contributed by atoms with van der Waals surface area (Å²) in [6, 6.07) is 53.7. The third-order valence-corrected chi connectivity index (χ3v) is 17.0. The number of benzene rings is 8. The maximum atomic E-state index is 15.5. The molecule has 0 bridgehead atoms. The Morgan fingerprint density at radius 2 is 0.778 bits per heavy atom. The van der Waals surface area contributed by atoms with Crippen LogP contribution in [0.15, 0.2) is 205 Å². The molecule has 0 N–H and O–H groups in total. The predicted octanol–water partition coefficient (Wildman–Crippen LogP) is 11.5. The van der Waals surface area contributed by atoms with E-state index in [0.29, 0.717) is 16.0 Å². The van der Waals surface area contributed by atoms with Crippen LogP contribution >= 0.6 is 11.8 Å². The molecule has 2 saturated heterocycles. The largest absolute Gasteiger partial charge is 0.459 e. The lowest BCUT2D eigenvalue weighted by molar-refractivity contribution is -0.333. The summed E-state index contributed by atoms with van der Waals surface area (Å²) in [6.45, 7) is -1.82. The van der Waals surface area contributed by atoms with Gasteiger partial charge < -0.3 is 37.9 Å². The number of hydrogen-bond donors (Lipinski definition) is 0. The highest BCUT2D eigenvalue weighted by molar-refractivity contribution is 7.99. The van der Waals surface area contributed by atoms with Gasteiger partial charge in [-0.1, -0.05) is 176 Å². The van der Waals surface area contributed by atoms with E-state index in [1.165, 1.54) is 24.3 Å². The lowest BCUT2D eigenvalue weighted by atomic mass is 9.93. The minimum absolute atomic E-state index is 0.0209. The summed E-state index contributed by atoms with van der Waals surface area (Å²) >= 11 is 1.00. The molecule has 10 atom stereocenters. The number of rotatable bonds is 22. The number of imide groups is 2. The van der Waals surface area contributed by atoms with E-state index in [2.05, 4.69) is 0 Å². The molecule has 0 unspecified atom stereocenters. The Hall–Kier alpha value is -8.77. The Morgan fingerprint density at radius 3 is 1.23 bits per heavy atom. The van der Waals surface area contributed by atoms with Crippen molar-refractivity contribution in [1.29, 1.82) is 0 Å². The summed E-state index contributed by atoms with van der Waals surface area (Å²) < 4.78 is 130. The minimum atomic E-state index is -2.52. The maximum Gasteiger partial charge on any atom is 0.344 e. The van der Waals surface area contributed by atoms with E-state index in [9.17, 15) is 18.0 Å². The first-order chi connectivity index (χ1) is 43.8. The fourth-order valence-electron chi connectivity index (χ4n) is 11.5. The molecule has 8 aromatic carbocycles. The van der Waals surface area contributed by atoms with Crippen LogP contribution in [0.25, 0.3) is 0 Å². The third-order valence-electron chi connectivity index (χ3n) is 15.8. The number of halogens is 5. The molecule has 0 radical (unpaired) electrons. The first kappa shape index (κ1) is 61.5. The number of fused-ring (bicyclic) bond motifs is 2. The Bertz CT molecular complexity index is 3800. The van der Waals surface area contributed by atoms with Crippen LogP contribution in [0.1, 0.15) is 74.0 Å². The van der Waals surface area contributed by atoms with E-state index in [0.717, 1.165) is 32.7 Å². The monoisotopic (exact) mass is 1250 g/mol. The van der Waals surface area contributed by atoms with E-state index >= 15 is 28.0 Å². The molecular weight excluding hydrogens is 1190 g/mol. The third kappa shape index (κ3) is 12.7. The molecule has 0 aromatic heterocycles. The van der Waals surface area contributed by atoms with Gasteiger partial charge in [0.2, 0.25) is 5.82 Å². The average Bonchev–Trinajstić information content (AvgIpc) is 1.47. The SMILES string of the molecule is O=C(OC[C@H]1O[C@@H](Sc2ccccc2)[C@H](N2C(=O)c3ccccc3C2=O)[C@@H](OCc2ccccc2)[C@@H]1O[C@@H]1O[C@H](COCc2ccccc2)[C@@H](OCc2ccccc2)[C@H](OCc2ccccc2)[C@H]1N1C(=O)c2ccccc2C1=O)c1c(F)c(F)c(F)c(F)c1F. The average molecular weight is 1250 g/mol. The predicted molar refractivity (Wildman–Crippen MR) is 314 cm³/mol. The van der Waals surface area contributed by atoms with Gasteiger partial charge in [-0.25, -0.2) is 26.7 Å². The second kappa shape index (κ2) is 27.5. The molecule has 0 aliphatic carbocycles. The fourth-order valence-corrected chi connectivity index (χ4v) is 12.7. The zero-order valence-electron chi connectivity index (χ0n) is 47.6. The van der Waals surface area contributed by atoms with E-state index in [-0.39, 0.29) is 55.3 Å². The number of amides is 4. The summed E-state index contributed by atoms with van der Waals surface area (Å²) in [7, 11) is 0. The standard InChI is InChI=1S/C69H55F5N2O13S/c70-52-51(53(71)55(73)56(74)54(52)72)67(81)86-39-50-60(62(85-37-43-26-12-4-13-27-43)58(69(88-50)90-44-28-14-5-15-29-44)76-65(79)47-32-18-19-33-48(47)66(76)80)89-68-57(75-63(77)45-30-16-17-31-46(45)64(75)78)61(84-36-42-24-10-3-11-25-42)59(83-35-41-22-8-2-9-23-41)49(87-68)38-82-34-40-20-6-1-7-21-40/h1-33,49-50,57-62,68-69H,34-39H2/t49-,50-,57-,58-,59-,60-,61-,62-,68+,69+/m1/s1. The number of esters is 1. The van der Waals surface area contributed by atoms with Crippen LogP contribution in [-0.4, -0.2) is 113 Å². The summed E-state index contributed by atoms with van der Waals surface area (Å²) in [5.74, 6) is -17.5. The van der Waals surface area contributed by atoms with Gasteiger partial charge >= 0.3 is 5.97 Å². The molecule has 4 aliphatic heterocycles. The Kier molecular flexibility index (Phi) is 18.8. The summed E-state index contributed by atoms with van der Waals surface area (Å²) in [4.78, 5) is 77.1. The number of nitrogens with zero attached hydrogens (tertiary/aromatic N) is 2. The van der Waals surface area contributed by atoms with E-state index < -0.39 is 131 Å². The van der Waals surface area contributed by atoms with Gasteiger partial charge in [0.25, 0.3) is 23.6 Å². The van der Waals surface area contributed by atoms with Crippen LogP contribution in [0.4, 0.5) is 22.0 Å². The molecule has 21 heteroatoms. The Morgan fingerprint density at radius 1 is 0.411 bits per heavy atom. The highest BCUT2D eigenvalue weighted by Gasteiger charge is 2.60. The van der Waals surface area contributed by atoms with E-state index in [1.807, 2.05) is 66.7 Å². The van der Waals surface area contributed by atoms with E-state index in [4.69, 9.17) is 37.9 Å². The fraction of sp³-hybridized carbons (Fsp3) is 0.232. The molecule has 8 aromatic rings. The minimum Gasteiger partial charge on any atom is -0.459 e. The Labute approximate surface area is 517 Å². The lowest BCUT2D eigenvalue weighted by Crippen LogP contribution is -2.70. The van der Waals surface area contributed by atoms with Crippen molar-refractivity contribution in [2.75, 3.05) is 13.2 Å². The highest BCUT2D eigenvalue weighted by Crippen LogP contribution is 2.44. The number of hydrogen-bond acceptors (Lipinski definition) is 14. The smallest absolute Gasteiger partial charge is 0.344 e.